The average Bonchev–Trinajstić information content (AvgIpc) is 2.99. The number of hydrogen-bond donors (Lipinski definition) is 2. The third-order valence-electron chi connectivity index (χ3n) is 4.91. The first kappa shape index (κ1) is 15.5. The summed E-state index contributed by atoms with van der Waals surface area (Å²) < 4.78 is 2.10. The van der Waals surface area contributed by atoms with Gasteiger partial charge in [0.15, 0.2) is 0 Å². The molecule has 4 nitrogen and oxygen atoms in total. The highest BCUT2D eigenvalue weighted by molar-refractivity contribution is 5.41. The molecular weight excluding hydrogens is 274 g/mol. The molecule has 2 aromatic heterocycles. The Kier molecular flexibility index (Phi) is 5.11. The highest BCUT2D eigenvalue weighted by Gasteiger charge is 2.22. The van der Waals surface area contributed by atoms with Crippen LogP contribution >= 0.6 is 0 Å². The van der Waals surface area contributed by atoms with Crippen molar-refractivity contribution in [1.82, 2.24) is 14.7 Å². The lowest BCUT2D eigenvalue weighted by Gasteiger charge is -2.29. The Morgan fingerprint density at radius 1 is 1.27 bits per heavy atom. The van der Waals surface area contributed by atoms with E-state index in [1.165, 1.54) is 37.7 Å². The van der Waals surface area contributed by atoms with Crippen molar-refractivity contribution in [2.45, 2.75) is 58.0 Å². The number of hydrogen-bond acceptors (Lipinski definition) is 3. The minimum atomic E-state index is 0.227. The molecule has 120 valence electrons. The maximum atomic E-state index is 9.69. The van der Waals surface area contributed by atoms with Crippen LogP contribution in [-0.4, -0.2) is 27.1 Å². The molecule has 2 heterocycles. The predicted molar refractivity (Wildman–Crippen MR) is 88.9 cm³/mol. The molecule has 1 aliphatic rings. The summed E-state index contributed by atoms with van der Waals surface area (Å²) in [6.07, 6.45) is 11.7. The van der Waals surface area contributed by atoms with Crippen LogP contribution in [0.2, 0.25) is 0 Å². The summed E-state index contributed by atoms with van der Waals surface area (Å²) in [6, 6.07) is 4.43. The number of aromatic nitrogens is 2. The molecule has 1 aliphatic carbocycles. The fourth-order valence-corrected chi connectivity index (χ4v) is 3.53. The Morgan fingerprint density at radius 2 is 2.09 bits per heavy atom. The number of aryl methyl sites for hydroxylation is 1. The van der Waals surface area contributed by atoms with Crippen LogP contribution < -0.4 is 5.32 Å². The summed E-state index contributed by atoms with van der Waals surface area (Å²) in [6.45, 7) is 3.16. The molecule has 1 saturated carbocycles. The van der Waals surface area contributed by atoms with Gasteiger partial charge >= 0.3 is 0 Å². The fraction of sp³-hybridized carbons (Fsp3) is 0.611. The molecule has 3 rings (SSSR count). The second-order valence-electron chi connectivity index (χ2n) is 6.46. The van der Waals surface area contributed by atoms with Gasteiger partial charge in [-0.05, 0) is 36.8 Å². The Hall–Kier alpha value is -1.39. The summed E-state index contributed by atoms with van der Waals surface area (Å²) in [5, 5.41) is 13.2. The van der Waals surface area contributed by atoms with Gasteiger partial charge in [-0.1, -0.05) is 32.3 Å². The van der Waals surface area contributed by atoms with Crippen molar-refractivity contribution in [3.8, 4) is 0 Å². The van der Waals surface area contributed by atoms with E-state index < -0.39 is 0 Å². The Morgan fingerprint density at radius 3 is 2.82 bits per heavy atom. The third kappa shape index (κ3) is 3.50. The third-order valence-corrected chi connectivity index (χ3v) is 4.91. The van der Waals surface area contributed by atoms with Gasteiger partial charge in [0.05, 0.1) is 12.3 Å². The minimum Gasteiger partial charge on any atom is -0.395 e. The summed E-state index contributed by atoms with van der Waals surface area (Å²) in [4.78, 5) is 4.56. The lowest BCUT2D eigenvalue weighted by Crippen LogP contribution is -2.39. The first-order valence-electron chi connectivity index (χ1n) is 8.61. The molecule has 2 N–H and O–H groups in total. The lowest BCUT2D eigenvalue weighted by atomic mass is 9.84. The van der Waals surface area contributed by atoms with E-state index in [9.17, 15) is 5.11 Å². The van der Waals surface area contributed by atoms with E-state index in [1.807, 2.05) is 0 Å². The van der Waals surface area contributed by atoms with Crippen molar-refractivity contribution in [2.75, 3.05) is 6.61 Å². The van der Waals surface area contributed by atoms with E-state index in [2.05, 4.69) is 46.2 Å². The van der Waals surface area contributed by atoms with Crippen LogP contribution in [0.5, 0.6) is 0 Å². The van der Waals surface area contributed by atoms with Gasteiger partial charge in [-0.3, -0.25) is 0 Å². The predicted octanol–water partition coefficient (Wildman–Crippen LogP) is 2.93. The van der Waals surface area contributed by atoms with Crippen LogP contribution in [0.25, 0.3) is 5.65 Å². The van der Waals surface area contributed by atoms with E-state index in [1.54, 1.807) is 0 Å². The van der Waals surface area contributed by atoms with Crippen LogP contribution in [0.4, 0.5) is 0 Å². The highest BCUT2D eigenvalue weighted by atomic mass is 16.3. The van der Waals surface area contributed by atoms with Crippen LogP contribution in [0.3, 0.4) is 0 Å². The van der Waals surface area contributed by atoms with Crippen molar-refractivity contribution in [2.24, 2.45) is 5.92 Å². The van der Waals surface area contributed by atoms with E-state index >= 15 is 0 Å². The van der Waals surface area contributed by atoms with Gasteiger partial charge < -0.3 is 14.8 Å². The van der Waals surface area contributed by atoms with Gasteiger partial charge in [0.1, 0.15) is 5.65 Å². The molecule has 0 spiro atoms. The molecular formula is C18H27N3O. The van der Waals surface area contributed by atoms with Crippen molar-refractivity contribution >= 4 is 5.65 Å². The van der Waals surface area contributed by atoms with E-state index in [-0.39, 0.29) is 12.6 Å². The smallest absolute Gasteiger partial charge is 0.136 e. The van der Waals surface area contributed by atoms with Gasteiger partial charge in [-0.25, -0.2) is 4.98 Å². The molecule has 0 aliphatic heterocycles. The van der Waals surface area contributed by atoms with E-state index in [0.29, 0.717) is 5.92 Å². The van der Waals surface area contributed by atoms with E-state index in [4.69, 9.17) is 0 Å². The summed E-state index contributed by atoms with van der Waals surface area (Å²) in [5.74, 6) is 0.627. The zero-order chi connectivity index (χ0) is 15.4. The molecule has 1 unspecified atom stereocenters. The van der Waals surface area contributed by atoms with Crippen LogP contribution in [-0.2, 0) is 13.0 Å². The molecule has 0 amide bonds. The number of nitrogens with zero attached hydrogens (tertiary/aromatic N) is 2. The monoisotopic (exact) mass is 301 g/mol. The summed E-state index contributed by atoms with van der Waals surface area (Å²) >= 11 is 0. The second-order valence-corrected chi connectivity index (χ2v) is 6.46. The molecule has 0 bridgehead atoms. The fourth-order valence-electron chi connectivity index (χ4n) is 3.53. The van der Waals surface area contributed by atoms with Crippen LogP contribution in [0.15, 0.2) is 24.5 Å². The van der Waals surface area contributed by atoms with Gasteiger partial charge in [0, 0.05) is 25.0 Å². The maximum absolute atomic E-state index is 9.69. The molecule has 0 saturated heterocycles. The number of fused-ring (bicyclic) bond motifs is 1. The Labute approximate surface area is 132 Å². The van der Waals surface area contributed by atoms with Gasteiger partial charge in [-0.15, -0.1) is 0 Å². The van der Waals surface area contributed by atoms with Crippen molar-refractivity contribution in [3.63, 3.8) is 0 Å². The number of pyridine rings is 1. The lowest BCUT2D eigenvalue weighted by molar-refractivity contribution is 0.170. The topological polar surface area (TPSA) is 49.6 Å². The average molecular weight is 301 g/mol. The van der Waals surface area contributed by atoms with Crippen LogP contribution in [0.1, 0.15) is 50.3 Å². The minimum absolute atomic E-state index is 0.227. The zero-order valence-electron chi connectivity index (χ0n) is 13.5. The molecule has 0 radical (unpaired) electrons. The standard InChI is InChI=1S/C18H27N3O/c1-2-16-12-21-11-14(8-9-18(21)20-16)10-19-17(13-22)15-6-4-3-5-7-15/h8-9,11-12,15,17,19,22H,2-7,10,13H2,1H3. The van der Waals surface area contributed by atoms with Crippen LogP contribution in [0, 0.1) is 5.92 Å². The first-order chi connectivity index (χ1) is 10.8. The van der Waals surface area contributed by atoms with Gasteiger partial charge in [-0.2, -0.15) is 0 Å². The molecule has 22 heavy (non-hydrogen) atoms. The molecule has 0 aromatic carbocycles. The SMILES string of the molecule is CCc1cn2cc(CNC(CO)C3CCCCC3)ccc2n1. The largest absolute Gasteiger partial charge is 0.395 e. The molecule has 1 atom stereocenters. The zero-order valence-corrected chi connectivity index (χ0v) is 13.5. The van der Waals surface area contributed by atoms with Crippen molar-refractivity contribution in [1.29, 1.82) is 0 Å². The number of rotatable bonds is 6. The van der Waals surface area contributed by atoms with Crippen molar-refractivity contribution in [3.05, 3.63) is 35.8 Å². The summed E-state index contributed by atoms with van der Waals surface area (Å²) in [5.41, 5.74) is 3.37. The molecule has 2 aromatic rings. The number of aliphatic hydroxyl groups is 1. The number of imidazole rings is 1. The molecule has 1 fully saturated rings. The first-order valence-corrected chi connectivity index (χ1v) is 8.61. The normalized spacial score (nSPS) is 17.9. The highest BCUT2D eigenvalue weighted by Crippen LogP contribution is 2.26. The Balaban J connectivity index is 1.64. The van der Waals surface area contributed by atoms with Gasteiger partial charge in [0.25, 0.3) is 0 Å². The quantitative estimate of drug-likeness (QED) is 0.862. The van der Waals surface area contributed by atoms with E-state index in [0.717, 1.165) is 24.3 Å². The molecule has 4 heteroatoms. The van der Waals surface area contributed by atoms with Crippen molar-refractivity contribution < 1.29 is 5.11 Å². The number of nitrogens with one attached hydrogen (secondary N) is 1. The maximum Gasteiger partial charge on any atom is 0.136 e. The number of aliphatic hydroxyl groups excluding tert-OH is 1. The Bertz CT molecular complexity index is 601. The second kappa shape index (κ2) is 7.25. The summed E-state index contributed by atoms with van der Waals surface area (Å²) in [7, 11) is 0. The van der Waals surface area contributed by atoms with Gasteiger partial charge in [0.2, 0.25) is 0 Å².